The summed E-state index contributed by atoms with van der Waals surface area (Å²) in [6, 6.07) is 6.46. The Morgan fingerprint density at radius 3 is 2.86 bits per heavy atom. The molecule has 2 atom stereocenters. The van der Waals surface area contributed by atoms with E-state index >= 15 is 0 Å². The van der Waals surface area contributed by atoms with Crippen molar-refractivity contribution in [1.82, 2.24) is 4.98 Å². The molecule has 2 heterocycles. The average Bonchev–Trinajstić information content (AvgIpc) is 2.46. The van der Waals surface area contributed by atoms with Gasteiger partial charge in [-0.25, -0.2) is 4.39 Å². The molecule has 4 nitrogen and oxygen atoms in total. The molecule has 0 spiro atoms. The van der Waals surface area contributed by atoms with E-state index in [1.54, 1.807) is 6.07 Å². The van der Waals surface area contributed by atoms with E-state index in [4.69, 9.17) is 0 Å². The lowest BCUT2D eigenvalue weighted by atomic mass is 9.90. The quantitative estimate of drug-likeness (QED) is 0.925. The molecular formula is C17H19FN2O2. The Kier molecular flexibility index (Phi) is 3.72. The molecule has 1 N–H and O–H groups in total. The van der Waals surface area contributed by atoms with E-state index in [0.717, 1.165) is 28.8 Å². The topological polar surface area (TPSA) is 53.4 Å². The van der Waals surface area contributed by atoms with Gasteiger partial charge in [0.2, 0.25) is 0 Å². The van der Waals surface area contributed by atoms with Crippen molar-refractivity contribution in [3.63, 3.8) is 0 Å². The highest BCUT2D eigenvalue weighted by atomic mass is 19.1. The molecular weight excluding hydrogens is 283 g/mol. The normalized spacial score (nSPS) is 22.0. The zero-order valence-corrected chi connectivity index (χ0v) is 12.7. The van der Waals surface area contributed by atoms with Crippen LogP contribution in [0.3, 0.4) is 0 Å². The zero-order valence-electron chi connectivity index (χ0n) is 12.7. The van der Waals surface area contributed by atoms with Crippen LogP contribution in [0.1, 0.15) is 19.0 Å². The van der Waals surface area contributed by atoms with Crippen LogP contribution in [0.5, 0.6) is 0 Å². The number of carboxylic acid groups (broad SMARTS) is 1. The summed E-state index contributed by atoms with van der Waals surface area (Å²) >= 11 is 0. The highest BCUT2D eigenvalue weighted by Gasteiger charge is 2.30. The van der Waals surface area contributed by atoms with Crippen LogP contribution in [-0.4, -0.2) is 29.1 Å². The maximum atomic E-state index is 13.6. The number of aliphatic carboxylic acids is 1. The van der Waals surface area contributed by atoms with Crippen LogP contribution in [0, 0.1) is 24.6 Å². The van der Waals surface area contributed by atoms with Gasteiger partial charge in [0, 0.05) is 29.9 Å². The van der Waals surface area contributed by atoms with Crippen LogP contribution in [0.25, 0.3) is 10.9 Å². The molecule has 1 aliphatic heterocycles. The first kappa shape index (κ1) is 14.8. The van der Waals surface area contributed by atoms with Crippen LogP contribution in [-0.2, 0) is 4.79 Å². The number of anilines is 1. The van der Waals surface area contributed by atoms with Crippen LogP contribution >= 0.6 is 0 Å². The maximum absolute atomic E-state index is 13.6. The molecule has 2 unspecified atom stereocenters. The second-order valence-corrected chi connectivity index (χ2v) is 6.23. The first-order valence-electron chi connectivity index (χ1n) is 7.48. The van der Waals surface area contributed by atoms with E-state index in [9.17, 15) is 14.3 Å². The Balaban J connectivity index is 2.08. The Morgan fingerprint density at radius 1 is 1.36 bits per heavy atom. The fraction of sp³-hybridized carbons (Fsp3) is 0.412. The van der Waals surface area contributed by atoms with Crippen molar-refractivity contribution in [1.29, 1.82) is 0 Å². The number of rotatable bonds is 2. The molecule has 5 heteroatoms. The van der Waals surface area contributed by atoms with Gasteiger partial charge in [0.05, 0.1) is 11.4 Å². The molecule has 0 bridgehead atoms. The van der Waals surface area contributed by atoms with Gasteiger partial charge in [-0.3, -0.25) is 9.78 Å². The molecule has 1 aliphatic rings. The molecule has 1 fully saturated rings. The van der Waals surface area contributed by atoms with E-state index in [0.29, 0.717) is 13.0 Å². The Labute approximate surface area is 128 Å². The minimum absolute atomic E-state index is 0.284. The first-order chi connectivity index (χ1) is 10.4. The van der Waals surface area contributed by atoms with Gasteiger partial charge in [-0.2, -0.15) is 0 Å². The molecule has 3 rings (SSSR count). The summed E-state index contributed by atoms with van der Waals surface area (Å²) in [5, 5.41) is 10.1. The number of carbonyl (C=O) groups is 1. The lowest BCUT2D eigenvalue weighted by Gasteiger charge is -2.37. The summed E-state index contributed by atoms with van der Waals surface area (Å²) in [7, 11) is 0. The predicted molar refractivity (Wildman–Crippen MR) is 83.6 cm³/mol. The van der Waals surface area contributed by atoms with E-state index in [1.165, 1.54) is 12.1 Å². The molecule has 22 heavy (non-hydrogen) atoms. The van der Waals surface area contributed by atoms with Crippen LogP contribution < -0.4 is 4.90 Å². The monoisotopic (exact) mass is 302 g/mol. The van der Waals surface area contributed by atoms with Gasteiger partial charge in [0.15, 0.2) is 0 Å². The number of aryl methyl sites for hydroxylation is 1. The summed E-state index contributed by atoms with van der Waals surface area (Å²) in [5.74, 6) is -1.18. The molecule has 1 aromatic heterocycles. The van der Waals surface area contributed by atoms with Gasteiger partial charge >= 0.3 is 5.97 Å². The number of aromatic nitrogens is 1. The molecule has 0 saturated carbocycles. The Bertz CT molecular complexity index is 732. The third kappa shape index (κ3) is 2.75. The molecule has 0 aliphatic carbocycles. The molecule has 116 valence electrons. The number of piperidine rings is 1. The number of hydrogen-bond donors (Lipinski definition) is 1. The standard InChI is InChI=1S/C17H19FN2O2/c1-10-5-12(17(21)22)9-20(8-10)16-6-11(2)19-15-4-3-13(18)7-14(15)16/h3-4,6-7,10,12H,5,8-9H2,1-2H3,(H,21,22). The van der Waals surface area contributed by atoms with Gasteiger partial charge in [0.25, 0.3) is 0 Å². The van der Waals surface area contributed by atoms with Crippen LogP contribution in [0.2, 0.25) is 0 Å². The van der Waals surface area contributed by atoms with Crippen molar-refractivity contribution in [2.24, 2.45) is 11.8 Å². The number of nitrogens with zero attached hydrogens (tertiary/aromatic N) is 2. The van der Waals surface area contributed by atoms with Gasteiger partial charge < -0.3 is 10.0 Å². The maximum Gasteiger partial charge on any atom is 0.308 e. The summed E-state index contributed by atoms with van der Waals surface area (Å²) in [4.78, 5) is 17.9. The van der Waals surface area contributed by atoms with E-state index in [2.05, 4.69) is 16.8 Å². The third-order valence-corrected chi connectivity index (χ3v) is 4.23. The van der Waals surface area contributed by atoms with E-state index < -0.39 is 5.97 Å². The minimum atomic E-state index is -0.766. The predicted octanol–water partition coefficient (Wildman–Crippen LogP) is 3.23. The third-order valence-electron chi connectivity index (χ3n) is 4.23. The minimum Gasteiger partial charge on any atom is -0.481 e. The largest absolute Gasteiger partial charge is 0.481 e. The van der Waals surface area contributed by atoms with Crippen molar-refractivity contribution >= 4 is 22.6 Å². The van der Waals surface area contributed by atoms with Crippen molar-refractivity contribution in [2.75, 3.05) is 18.0 Å². The van der Waals surface area contributed by atoms with Crippen molar-refractivity contribution in [2.45, 2.75) is 20.3 Å². The Hall–Kier alpha value is -2.17. The average molecular weight is 302 g/mol. The second kappa shape index (κ2) is 5.55. The second-order valence-electron chi connectivity index (χ2n) is 6.23. The van der Waals surface area contributed by atoms with Crippen molar-refractivity contribution in [3.8, 4) is 0 Å². The number of pyridine rings is 1. The van der Waals surface area contributed by atoms with Crippen molar-refractivity contribution < 1.29 is 14.3 Å². The highest BCUT2D eigenvalue weighted by molar-refractivity contribution is 5.92. The molecule has 0 radical (unpaired) electrons. The first-order valence-corrected chi connectivity index (χ1v) is 7.48. The summed E-state index contributed by atoms with van der Waals surface area (Å²) in [5.41, 5.74) is 2.46. The Morgan fingerprint density at radius 2 is 2.14 bits per heavy atom. The number of benzene rings is 1. The number of carboxylic acids is 1. The van der Waals surface area contributed by atoms with Gasteiger partial charge in [-0.1, -0.05) is 6.92 Å². The highest BCUT2D eigenvalue weighted by Crippen LogP contribution is 2.32. The number of fused-ring (bicyclic) bond motifs is 1. The molecule has 0 amide bonds. The number of hydrogen-bond acceptors (Lipinski definition) is 3. The summed E-state index contributed by atoms with van der Waals surface area (Å²) in [6.07, 6.45) is 0.683. The summed E-state index contributed by atoms with van der Waals surface area (Å²) < 4.78 is 13.6. The zero-order chi connectivity index (χ0) is 15.9. The van der Waals surface area contributed by atoms with E-state index in [1.807, 2.05) is 13.0 Å². The molecule has 1 aromatic carbocycles. The smallest absolute Gasteiger partial charge is 0.308 e. The lowest BCUT2D eigenvalue weighted by Crippen LogP contribution is -2.42. The van der Waals surface area contributed by atoms with Gasteiger partial charge in [-0.05, 0) is 43.5 Å². The fourth-order valence-electron chi connectivity index (χ4n) is 3.30. The lowest BCUT2D eigenvalue weighted by molar-refractivity contribution is -0.142. The molecule has 2 aromatic rings. The SMILES string of the molecule is Cc1cc(N2CC(C)CC(C(=O)O)C2)c2cc(F)ccc2n1. The van der Waals surface area contributed by atoms with Crippen LogP contribution in [0.15, 0.2) is 24.3 Å². The van der Waals surface area contributed by atoms with Crippen molar-refractivity contribution in [3.05, 3.63) is 35.8 Å². The van der Waals surface area contributed by atoms with Gasteiger partial charge in [0.1, 0.15) is 5.82 Å². The number of halogens is 1. The van der Waals surface area contributed by atoms with Crippen LogP contribution in [0.4, 0.5) is 10.1 Å². The fourth-order valence-corrected chi connectivity index (χ4v) is 3.30. The molecule has 1 saturated heterocycles. The van der Waals surface area contributed by atoms with Gasteiger partial charge in [-0.15, -0.1) is 0 Å². The summed E-state index contributed by atoms with van der Waals surface area (Å²) in [6.45, 7) is 5.18. The van der Waals surface area contributed by atoms with E-state index in [-0.39, 0.29) is 17.7 Å².